The molecule has 0 atom stereocenters. The molecule has 0 bridgehead atoms. The average Bonchev–Trinajstić information content (AvgIpc) is 2.99. The summed E-state index contributed by atoms with van der Waals surface area (Å²) in [6, 6.07) is 13.4. The number of carbonyl (C=O) groups excluding carboxylic acids is 1. The van der Waals surface area contributed by atoms with E-state index in [1.165, 1.54) is 0 Å². The fourth-order valence-electron chi connectivity index (χ4n) is 2.20. The fourth-order valence-corrected chi connectivity index (χ4v) is 2.20. The smallest absolute Gasteiger partial charge is 0.341 e. The van der Waals surface area contributed by atoms with E-state index in [-0.39, 0.29) is 11.5 Å². The molecule has 0 radical (unpaired) electrons. The van der Waals surface area contributed by atoms with Gasteiger partial charge in [0, 0.05) is 5.39 Å². The van der Waals surface area contributed by atoms with Crippen molar-refractivity contribution in [2.45, 2.75) is 0 Å². The molecule has 1 aromatic heterocycles. The molecule has 0 unspecified atom stereocenters. The van der Waals surface area contributed by atoms with Crippen LogP contribution in [0.1, 0.15) is 10.6 Å². The molecule has 0 fully saturated rings. The van der Waals surface area contributed by atoms with Gasteiger partial charge in [-0.25, -0.2) is 4.79 Å². The van der Waals surface area contributed by atoms with Crippen molar-refractivity contribution in [1.29, 1.82) is 0 Å². The van der Waals surface area contributed by atoms with Gasteiger partial charge in [-0.1, -0.05) is 24.3 Å². The van der Waals surface area contributed by atoms with Crippen LogP contribution < -0.4 is 15.8 Å². The molecule has 1 heterocycles. The van der Waals surface area contributed by atoms with Crippen LogP contribution in [0, 0.1) is 0 Å². The van der Waals surface area contributed by atoms with Gasteiger partial charge in [0.1, 0.15) is 0 Å². The number of nitrogens with two attached hydrogens (primary N) is 1. The highest BCUT2D eigenvalue weighted by Gasteiger charge is 2.16. The van der Waals surface area contributed by atoms with Crippen molar-refractivity contribution in [2.75, 3.05) is 17.7 Å². The minimum atomic E-state index is -1.10. The highest BCUT2D eigenvalue weighted by atomic mass is 16.5. The summed E-state index contributed by atoms with van der Waals surface area (Å²) in [6.07, 6.45) is 0. The van der Waals surface area contributed by atoms with Crippen LogP contribution in [0.15, 0.2) is 52.9 Å². The molecular formula is C17H14N2O5. The molecule has 4 N–H and O–H groups in total. The first-order valence-corrected chi connectivity index (χ1v) is 7.07. The zero-order valence-electron chi connectivity index (χ0n) is 12.5. The summed E-state index contributed by atoms with van der Waals surface area (Å²) < 4.78 is 10.7. The number of nitrogen functional groups attached to an aromatic ring is 1. The van der Waals surface area contributed by atoms with Crippen LogP contribution in [-0.2, 0) is 4.79 Å². The lowest BCUT2D eigenvalue weighted by Crippen LogP contribution is -2.12. The van der Waals surface area contributed by atoms with Gasteiger partial charge in [0.25, 0.3) is 5.91 Å². The number of carboxylic acid groups (broad SMARTS) is 1. The Morgan fingerprint density at radius 3 is 2.71 bits per heavy atom. The number of hydrogen-bond donors (Lipinski definition) is 3. The van der Waals surface area contributed by atoms with Crippen LogP contribution in [0.3, 0.4) is 0 Å². The van der Waals surface area contributed by atoms with E-state index < -0.39 is 18.5 Å². The van der Waals surface area contributed by atoms with Crippen molar-refractivity contribution in [2.24, 2.45) is 0 Å². The molecule has 2 aromatic carbocycles. The van der Waals surface area contributed by atoms with E-state index in [0.29, 0.717) is 22.3 Å². The Morgan fingerprint density at radius 1 is 1.17 bits per heavy atom. The monoisotopic (exact) mass is 326 g/mol. The molecule has 1 amide bonds. The van der Waals surface area contributed by atoms with Crippen LogP contribution in [0.25, 0.3) is 11.0 Å². The van der Waals surface area contributed by atoms with Gasteiger partial charge in [0.15, 0.2) is 23.7 Å². The Kier molecular flexibility index (Phi) is 4.07. The topological polar surface area (TPSA) is 115 Å². The molecule has 0 aliphatic rings. The number of rotatable bonds is 5. The first-order valence-electron chi connectivity index (χ1n) is 7.07. The summed E-state index contributed by atoms with van der Waals surface area (Å²) in [5.41, 5.74) is 7.02. The SMILES string of the molecule is Nc1ccccc1NC(=O)c1cc2cccc(OCC(=O)O)c2o1. The standard InChI is InChI=1S/C17H14N2O5/c18-11-5-1-2-6-12(11)19-17(22)14-8-10-4-3-7-13(16(10)24-14)23-9-15(20)21/h1-8H,9,18H2,(H,19,22)(H,20,21). The summed E-state index contributed by atoms with van der Waals surface area (Å²) in [5, 5.41) is 12.0. The number of furan rings is 1. The predicted octanol–water partition coefficient (Wildman–Crippen LogP) is 2.73. The summed E-state index contributed by atoms with van der Waals surface area (Å²) in [6.45, 7) is -0.498. The lowest BCUT2D eigenvalue weighted by molar-refractivity contribution is -0.139. The first kappa shape index (κ1) is 15.4. The van der Waals surface area contributed by atoms with E-state index in [1.807, 2.05) is 0 Å². The number of amides is 1. The molecule has 0 saturated carbocycles. The van der Waals surface area contributed by atoms with Crippen LogP contribution in [0.4, 0.5) is 11.4 Å². The Hall–Kier alpha value is -3.48. The van der Waals surface area contributed by atoms with E-state index in [9.17, 15) is 9.59 Å². The molecule has 0 spiro atoms. The van der Waals surface area contributed by atoms with Gasteiger partial charge in [0.05, 0.1) is 11.4 Å². The molecule has 7 nitrogen and oxygen atoms in total. The summed E-state index contributed by atoms with van der Waals surface area (Å²) in [4.78, 5) is 22.9. The van der Waals surface area contributed by atoms with Crippen LogP contribution in [-0.4, -0.2) is 23.6 Å². The lowest BCUT2D eigenvalue weighted by atomic mass is 10.2. The van der Waals surface area contributed by atoms with Crippen molar-refractivity contribution in [1.82, 2.24) is 0 Å². The largest absolute Gasteiger partial charge is 0.479 e. The number of anilines is 2. The lowest BCUT2D eigenvalue weighted by Gasteiger charge is -2.05. The molecule has 122 valence electrons. The highest BCUT2D eigenvalue weighted by Crippen LogP contribution is 2.29. The average molecular weight is 326 g/mol. The van der Waals surface area contributed by atoms with Gasteiger partial charge < -0.3 is 25.3 Å². The highest BCUT2D eigenvalue weighted by molar-refractivity contribution is 6.06. The number of benzene rings is 2. The quantitative estimate of drug-likeness (QED) is 0.621. The molecule has 7 heteroatoms. The van der Waals surface area contributed by atoms with Crippen molar-refractivity contribution in [3.8, 4) is 5.75 Å². The minimum Gasteiger partial charge on any atom is -0.479 e. The molecular weight excluding hydrogens is 312 g/mol. The van der Waals surface area contributed by atoms with Crippen LogP contribution >= 0.6 is 0 Å². The van der Waals surface area contributed by atoms with E-state index >= 15 is 0 Å². The second-order valence-corrected chi connectivity index (χ2v) is 5.01. The molecule has 3 rings (SSSR count). The Bertz CT molecular complexity index is 916. The van der Waals surface area contributed by atoms with E-state index in [0.717, 1.165) is 0 Å². The first-order chi connectivity index (χ1) is 11.5. The van der Waals surface area contributed by atoms with Crippen LogP contribution in [0.5, 0.6) is 5.75 Å². The van der Waals surface area contributed by atoms with E-state index in [2.05, 4.69) is 5.32 Å². The van der Waals surface area contributed by atoms with Gasteiger partial charge in [-0.2, -0.15) is 0 Å². The van der Waals surface area contributed by atoms with Gasteiger partial charge >= 0.3 is 5.97 Å². The number of fused-ring (bicyclic) bond motifs is 1. The van der Waals surface area contributed by atoms with E-state index in [4.69, 9.17) is 20.0 Å². The number of carbonyl (C=O) groups is 2. The number of nitrogens with one attached hydrogen (secondary N) is 1. The van der Waals surface area contributed by atoms with Crippen molar-refractivity contribution >= 4 is 34.2 Å². The number of para-hydroxylation sites is 3. The maximum atomic E-state index is 12.3. The summed E-state index contributed by atoms with van der Waals surface area (Å²) in [7, 11) is 0. The predicted molar refractivity (Wildman–Crippen MR) is 88.2 cm³/mol. The maximum absolute atomic E-state index is 12.3. The van der Waals surface area contributed by atoms with Crippen molar-refractivity contribution < 1.29 is 23.8 Å². The molecule has 24 heavy (non-hydrogen) atoms. The van der Waals surface area contributed by atoms with Gasteiger partial charge in [-0.05, 0) is 24.3 Å². The van der Waals surface area contributed by atoms with Crippen molar-refractivity contribution in [3.63, 3.8) is 0 Å². The van der Waals surface area contributed by atoms with E-state index in [1.54, 1.807) is 48.5 Å². The van der Waals surface area contributed by atoms with Gasteiger partial charge in [-0.3, -0.25) is 4.79 Å². The minimum absolute atomic E-state index is 0.0691. The van der Waals surface area contributed by atoms with Gasteiger partial charge in [0.2, 0.25) is 0 Å². The Balaban J connectivity index is 1.87. The second kappa shape index (κ2) is 6.33. The number of ether oxygens (including phenoxy) is 1. The zero-order valence-corrected chi connectivity index (χ0v) is 12.5. The third-order valence-electron chi connectivity index (χ3n) is 3.29. The molecule has 0 saturated heterocycles. The fraction of sp³-hybridized carbons (Fsp3) is 0.0588. The summed E-state index contributed by atoms with van der Waals surface area (Å²) in [5.74, 6) is -1.24. The second-order valence-electron chi connectivity index (χ2n) is 5.01. The third kappa shape index (κ3) is 3.14. The molecule has 3 aromatic rings. The third-order valence-corrected chi connectivity index (χ3v) is 3.29. The molecule has 0 aliphatic heterocycles. The van der Waals surface area contributed by atoms with Gasteiger partial charge in [-0.15, -0.1) is 0 Å². The Labute approximate surface area is 136 Å². The molecule has 0 aliphatic carbocycles. The number of carboxylic acids is 1. The Morgan fingerprint density at radius 2 is 1.96 bits per heavy atom. The van der Waals surface area contributed by atoms with Crippen LogP contribution in [0.2, 0.25) is 0 Å². The normalized spacial score (nSPS) is 10.5. The van der Waals surface area contributed by atoms with Crippen molar-refractivity contribution in [3.05, 3.63) is 54.3 Å². The number of hydrogen-bond acceptors (Lipinski definition) is 5. The zero-order chi connectivity index (χ0) is 17.1. The maximum Gasteiger partial charge on any atom is 0.341 e. The summed E-state index contributed by atoms with van der Waals surface area (Å²) >= 11 is 0. The number of aliphatic carboxylic acids is 1.